The first-order valence-corrected chi connectivity index (χ1v) is 11.4. The van der Waals surface area contributed by atoms with E-state index in [0.717, 1.165) is 6.42 Å². The number of esters is 3. The van der Waals surface area contributed by atoms with Crippen molar-refractivity contribution in [3.63, 3.8) is 0 Å². The number of nitrogens with zero attached hydrogens (tertiary/aromatic N) is 1. The lowest BCUT2D eigenvalue weighted by atomic mass is 10.1. The summed E-state index contributed by atoms with van der Waals surface area (Å²) < 4.78 is 16.3. The van der Waals surface area contributed by atoms with Crippen molar-refractivity contribution in [2.45, 2.75) is 84.8 Å². The van der Waals surface area contributed by atoms with Crippen LogP contribution in [-0.2, 0) is 37.1 Å². The zero-order valence-electron chi connectivity index (χ0n) is 20.1. The van der Waals surface area contributed by atoms with Crippen molar-refractivity contribution >= 4 is 17.9 Å². The van der Waals surface area contributed by atoms with E-state index in [4.69, 9.17) is 27.1 Å². The van der Waals surface area contributed by atoms with Crippen molar-refractivity contribution in [2.24, 2.45) is 0 Å². The summed E-state index contributed by atoms with van der Waals surface area (Å²) in [5.74, 6) is 3.92. The Morgan fingerprint density at radius 1 is 0.941 bits per heavy atom. The zero-order valence-corrected chi connectivity index (χ0v) is 20.1. The molecule has 34 heavy (non-hydrogen) atoms. The van der Waals surface area contributed by atoms with E-state index < -0.39 is 17.9 Å². The number of allylic oxidation sites excluding steroid dienone is 2. The molecule has 0 fully saturated rings. The molecular weight excluding hydrogens is 434 g/mol. The van der Waals surface area contributed by atoms with Crippen LogP contribution >= 0.6 is 0 Å². The third kappa shape index (κ3) is 11.3. The number of terminal acetylenes is 2. The number of unbranched alkanes of at least 4 members (excludes halogenated alkanes) is 3. The summed E-state index contributed by atoms with van der Waals surface area (Å²) in [6.45, 7) is 3.36. The fourth-order valence-electron chi connectivity index (χ4n) is 2.91. The molecule has 0 N–H and O–H groups in total. The van der Waals surface area contributed by atoms with Crippen LogP contribution in [0.2, 0.25) is 0 Å². The molecule has 0 aliphatic heterocycles. The number of aryl methyl sites for hydroxylation is 1. The molecule has 0 amide bonds. The predicted molar refractivity (Wildman–Crippen MR) is 128 cm³/mol. The molecule has 0 atom stereocenters. The Morgan fingerprint density at radius 3 is 2.12 bits per heavy atom. The molecule has 1 rings (SSSR count). The van der Waals surface area contributed by atoms with Crippen LogP contribution in [0, 0.1) is 31.6 Å². The average Bonchev–Trinajstić information content (AvgIpc) is 2.81. The topological polar surface area (TPSA) is 91.8 Å². The molecule has 1 aromatic heterocycles. The second kappa shape index (κ2) is 17.0. The molecule has 0 unspecified atom stereocenters. The number of carbonyl (C=O) groups is 3. The standard InChI is InChI=1S/C27H33NO6/c1-5-8-11-14-17-26(31)34-27-21(4)28-18-22(19-32-24(29)15-12-9-6-2)23(27)20-33-25(30)16-13-10-7-3/h2-3,5,8,18H,9-17,19-20H2,1,4H3/b8-5-. The van der Waals surface area contributed by atoms with Gasteiger partial charge in [-0.05, 0) is 39.5 Å². The highest BCUT2D eigenvalue weighted by Crippen LogP contribution is 2.28. The summed E-state index contributed by atoms with van der Waals surface area (Å²) in [6.07, 6.45) is 19.8. The number of carbonyl (C=O) groups excluding carboxylic acids is 3. The summed E-state index contributed by atoms with van der Waals surface area (Å²) in [5.41, 5.74) is 1.39. The first-order chi connectivity index (χ1) is 16.4. The van der Waals surface area contributed by atoms with Gasteiger partial charge in [-0.3, -0.25) is 19.4 Å². The lowest BCUT2D eigenvalue weighted by Gasteiger charge is -2.17. The lowest BCUT2D eigenvalue weighted by Crippen LogP contribution is -2.15. The fraction of sp³-hybridized carbons (Fsp3) is 0.481. The smallest absolute Gasteiger partial charge is 0.311 e. The number of hydrogen-bond donors (Lipinski definition) is 0. The first kappa shape index (κ1) is 28.5. The van der Waals surface area contributed by atoms with Crippen LogP contribution < -0.4 is 4.74 Å². The maximum absolute atomic E-state index is 12.4. The second-order valence-corrected chi connectivity index (χ2v) is 7.55. The summed E-state index contributed by atoms with van der Waals surface area (Å²) in [7, 11) is 0. The van der Waals surface area contributed by atoms with Gasteiger partial charge in [-0.15, -0.1) is 24.7 Å². The van der Waals surface area contributed by atoms with Crippen molar-refractivity contribution in [1.82, 2.24) is 4.98 Å². The van der Waals surface area contributed by atoms with Gasteiger partial charge >= 0.3 is 17.9 Å². The third-order valence-corrected chi connectivity index (χ3v) is 4.78. The van der Waals surface area contributed by atoms with Crippen LogP contribution in [0.5, 0.6) is 5.75 Å². The van der Waals surface area contributed by atoms with Crippen LogP contribution in [0.1, 0.15) is 81.5 Å². The van der Waals surface area contributed by atoms with E-state index in [1.54, 1.807) is 6.92 Å². The van der Waals surface area contributed by atoms with Gasteiger partial charge in [0.15, 0.2) is 5.75 Å². The minimum atomic E-state index is -0.425. The van der Waals surface area contributed by atoms with E-state index >= 15 is 0 Å². The Morgan fingerprint density at radius 2 is 1.53 bits per heavy atom. The first-order valence-electron chi connectivity index (χ1n) is 11.4. The molecule has 7 nitrogen and oxygen atoms in total. The Hall–Kier alpha value is -3.58. The van der Waals surface area contributed by atoms with E-state index in [1.165, 1.54) is 6.20 Å². The Labute approximate surface area is 202 Å². The van der Waals surface area contributed by atoms with E-state index in [-0.39, 0.29) is 38.2 Å². The van der Waals surface area contributed by atoms with Crippen LogP contribution in [0.4, 0.5) is 0 Å². The van der Waals surface area contributed by atoms with E-state index in [9.17, 15) is 14.4 Å². The molecule has 0 aromatic carbocycles. The molecule has 0 saturated heterocycles. The average molecular weight is 468 g/mol. The summed E-state index contributed by atoms with van der Waals surface area (Å²) in [6, 6.07) is 0. The van der Waals surface area contributed by atoms with Crippen molar-refractivity contribution in [1.29, 1.82) is 0 Å². The van der Waals surface area contributed by atoms with Crippen LogP contribution in [0.3, 0.4) is 0 Å². The Balaban J connectivity index is 2.99. The van der Waals surface area contributed by atoms with Crippen LogP contribution in [0.15, 0.2) is 18.3 Å². The molecule has 0 aliphatic carbocycles. The number of aromatic nitrogens is 1. The lowest BCUT2D eigenvalue weighted by molar-refractivity contribution is -0.146. The molecule has 1 heterocycles. The SMILES string of the molecule is C#CCCCC(=O)OCc1cnc(C)c(OC(=O)CCC/C=C\C)c1COC(=O)CCCC#C. The Kier molecular flexibility index (Phi) is 14.2. The predicted octanol–water partition coefficient (Wildman–Crippen LogP) is 4.74. The van der Waals surface area contributed by atoms with Crippen LogP contribution in [0.25, 0.3) is 0 Å². The number of rotatable bonds is 15. The molecule has 0 spiro atoms. The molecule has 0 radical (unpaired) electrons. The van der Waals surface area contributed by atoms with E-state index in [1.807, 2.05) is 19.1 Å². The molecular formula is C27H33NO6. The maximum atomic E-state index is 12.4. The second-order valence-electron chi connectivity index (χ2n) is 7.55. The summed E-state index contributed by atoms with van der Waals surface area (Å²) >= 11 is 0. The summed E-state index contributed by atoms with van der Waals surface area (Å²) in [5, 5.41) is 0. The van der Waals surface area contributed by atoms with Gasteiger partial charge in [0.05, 0.1) is 5.69 Å². The van der Waals surface area contributed by atoms with Crippen LogP contribution in [-0.4, -0.2) is 22.9 Å². The number of ether oxygens (including phenoxy) is 3. The molecule has 0 bridgehead atoms. The van der Waals surface area contributed by atoms with Gasteiger partial charge in [0.2, 0.25) is 0 Å². The highest BCUT2D eigenvalue weighted by molar-refractivity contribution is 5.74. The van der Waals surface area contributed by atoms with Crippen molar-refractivity contribution < 1.29 is 28.6 Å². The third-order valence-electron chi connectivity index (χ3n) is 4.78. The number of pyridine rings is 1. The normalized spacial score (nSPS) is 10.4. The minimum absolute atomic E-state index is 0.0992. The van der Waals surface area contributed by atoms with Gasteiger partial charge in [0, 0.05) is 49.4 Å². The highest BCUT2D eigenvalue weighted by atomic mass is 16.5. The van der Waals surface area contributed by atoms with Gasteiger partial charge in [0.1, 0.15) is 13.2 Å². The maximum Gasteiger partial charge on any atom is 0.311 e. The minimum Gasteiger partial charge on any atom is -0.461 e. The molecule has 1 aromatic rings. The highest BCUT2D eigenvalue weighted by Gasteiger charge is 2.20. The fourth-order valence-corrected chi connectivity index (χ4v) is 2.91. The molecule has 0 aliphatic rings. The van der Waals surface area contributed by atoms with E-state index in [2.05, 4.69) is 16.8 Å². The van der Waals surface area contributed by atoms with Crippen molar-refractivity contribution in [3.05, 3.63) is 35.2 Å². The monoisotopic (exact) mass is 467 g/mol. The number of hydrogen-bond acceptors (Lipinski definition) is 7. The van der Waals surface area contributed by atoms with Crippen molar-refractivity contribution in [2.75, 3.05) is 0 Å². The van der Waals surface area contributed by atoms with Crippen molar-refractivity contribution in [3.8, 4) is 30.4 Å². The van der Waals surface area contributed by atoms with Gasteiger partial charge in [-0.1, -0.05) is 12.2 Å². The van der Waals surface area contributed by atoms with Gasteiger partial charge < -0.3 is 14.2 Å². The van der Waals surface area contributed by atoms with Gasteiger partial charge in [-0.25, -0.2) is 0 Å². The van der Waals surface area contributed by atoms with Gasteiger partial charge in [-0.2, -0.15) is 0 Å². The summed E-state index contributed by atoms with van der Waals surface area (Å²) in [4.78, 5) is 40.8. The largest absolute Gasteiger partial charge is 0.461 e. The van der Waals surface area contributed by atoms with E-state index in [0.29, 0.717) is 48.9 Å². The molecule has 0 saturated carbocycles. The molecule has 7 heteroatoms. The zero-order chi connectivity index (χ0) is 25.2. The molecule has 182 valence electrons. The van der Waals surface area contributed by atoms with Gasteiger partial charge in [0.25, 0.3) is 0 Å². The Bertz CT molecular complexity index is 936. The quantitative estimate of drug-likeness (QED) is 0.159.